The third-order valence-electron chi connectivity index (χ3n) is 1.88. The number of carbonyl (C=O) groups is 2. The van der Waals surface area contributed by atoms with Gasteiger partial charge in [0.25, 0.3) is 6.43 Å². The third kappa shape index (κ3) is 2.51. The van der Waals surface area contributed by atoms with E-state index in [9.17, 15) is 18.4 Å². The van der Waals surface area contributed by atoms with Crippen LogP contribution in [0.4, 0.5) is 8.78 Å². The fourth-order valence-corrected chi connectivity index (χ4v) is 1.15. The largest absolute Gasteiger partial charge is 0.480 e. The number of methoxy groups -OCH3 is 1. The lowest BCUT2D eigenvalue weighted by Gasteiger charge is -2.25. The van der Waals surface area contributed by atoms with Gasteiger partial charge in [0, 0.05) is 6.42 Å². The second-order valence-electron chi connectivity index (χ2n) is 3.20. The van der Waals surface area contributed by atoms with E-state index < -0.39 is 30.2 Å². The van der Waals surface area contributed by atoms with Gasteiger partial charge in [0.2, 0.25) is 5.41 Å². The predicted molar refractivity (Wildman–Crippen MR) is 47.5 cm³/mol. The number of alkyl halides is 2. The van der Waals surface area contributed by atoms with Gasteiger partial charge in [0.05, 0.1) is 7.11 Å². The van der Waals surface area contributed by atoms with E-state index in [1.165, 1.54) is 6.92 Å². The number of rotatable bonds is 5. The van der Waals surface area contributed by atoms with Crippen molar-refractivity contribution in [1.82, 2.24) is 0 Å². The highest BCUT2D eigenvalue weighted by Crippen LogP contribution is 2.34. The molecule has 1 N–H and O–H groups in total. The van der Waals surface area contributed by atoms with Gasteiger partial charge < -0.3 is 9.84 Å². The average molecular weight is 222 g/mol. The number of aliphatic carboxylic acids is 1. The van der Waals surface area contributed by atoms with E-state index in [0.29, 0.717) is 0 Å². The minimum absolute atomic E-state index is 0.170. The van der Waals surface area contributed by atoms with E-state index in [2.05, 4.69) is 11.3 Å². The number of carbonyl (C=O) groups excluding carboxylic acids is 1. The van der Waals surface area contributed by atoms with Gasteiger partial charge in [-0.2, -0.15) is 0 Å². The first-order chi connectivity index (χ1) is 6.78. The van der Waals surface area contributed by atoms with Gasteiger partial charge in [-0.3, -0.25) is 9.59 Å². The molecule has 0 heterocycles. The molecule has 0 aliphatic heterocycles. The van der Waals surface area contributed by atoms with Crippen molar-refractivity contribution >= 4 is 11.9 Å². The van der Waals surface area contributed by atoms with Crippen molar-refractivity contribution < 1.29 is 28.2 Å². The van der Waals surface area contributed by atoms with Gasteiger partial charge in [0.15, 0.2) is 0 Å². The standard InChI is InChI=1S/C9H12F2O4/c1-5(2)4-9(6(10)11,7(12)13)8(14)15-3/h6H,1,4H2,2-3H3,(H,12,13). The van der Waals surface area contributed by atoms with E-state index in [-0.39, 0.29) is 5.57 Å². The van der Waals surface area contributed by atoms with Crippen molar-refractivity contribution in [1.29, 1.82) is 0 Å². The highest BCUT2D eigenvalue weighted by molar-refractivity contribution is 6.00. The topological polar surface area (TPSA) is 63.6 Å². The van der Waals surface area contributed by atoms with Gasteiger partial charge in [-0.05, 0) is 6.92 Å². The van der Waals surface area contributed by atoms with Crippen molar-refractivity contribution in [2.75, 3.05) is 7.11 Å². The molecule has 0 fully saturated rings. The Kier molecular flexibility index (Phi) is 4.39. The van der Waals surface area contributed by atoms with Crippen LogP contribution in [0, 0.1) is 5.41 Å². The van der Waals surface area contributed by atoms with E-state index >= 15 is 0 Å². The number of carboxylic acids is 1. The molecule has 0 aliphatic carbocycles. The van der Waals surface area contributed by atoms with E-state index in [4.69, 9.17) is 5.11 Å². The molecule has 0 rings (SSSR count). The summed E-state index contributed by atoms with van der Waals surface area (Å²) in [5, 5.41) is 8.72. The molecule has 0 amide bonds. The van der Waals surface area contributed by atoms with Crippen LogP contribution in [0.2, 0.25) is 0 Å². The van der Waals surface area contributed by atoms with Gasteiger partial charge in [-0.25, -0.2) is 8.78 Å². The molecule has 0 aromatic heterocycles. The van der Waals surface area contributed by atoms with Gasteiger partial charge in [-0.15, -0.1) is 6.58 Å². The normalized spacial score (nSPS) is 14.5. The van der Waals surface area contributed by atoms with Crippen LogP contribution in [-0.2, 0) is 14.3 Å². The Labute approximate surface area is 85.5 Å². The van der Waals surface area contributed by atoms with Crippen LogP contribution < -0.4 is 0 Å². The summed E-state index contributed by atoms with van der Waals surface area (Å²) in [6, 6.07) is 0. The average Bonchev–Trinajstić information content (AvgIpc) is 2.11. The molecule has 0 radical (unpaired) electrons. The molecule has 0 aromatic rings. The number of hydrogen-bond donors (Lipinski definition) is 1. The summed E-state index contributed by atoms with van der Waals surface area (Å²) < 4.78 is 29.5. The smallest absolute Gasteiger partial charge is 0.329 e. The summed E-state index contributed by atoms with van der Waals surface area (Å²) in [6.45, 7) is 4.68. The van der Waals surface area contributed by atoms with Gasteiger partial charge >= 0.3 is 11.9 Å². The molecule has 0 spiro atoms. The fourth-order valence-electron chi connectivity index (χ4n) is 1.15. The zero-order valence-electron chi connectivity index (χ0n) is 8.42. The molecule has 0 aromatic carbocycles. The molecule has 0 bridgehead atoms. The molecule has 15 heavy (non-hydrogen) atoms. The molecule has 0 saturated carbocycles. The first kappa shape index (κ1) is 13.5. The zero-order valence-corrected chi connectivity index (χ0v) is 8.42. The molecular formula is C9H12F2O4. The summed E-state index contributed by atoms with van der Waals surface area (Å²) in [6.07, 6.45) is -3.99. The Morgan fingerprint density at radius 1 is 1.53 bits per heavy atom. The Hall–Kier alpha value is -1.46. The lowest BCUT2D eigenvalue weighted by atomic mass is 9.82. The van der Waals surface area contributed by atoms with Crippen molar-refractivity contribution in [3.8, 4) is 0 Å². The van der Waals surface area contributed by atoms with Crippen molar-refractivity contribution in [3.05, 3.63) is 12.2 Å². The van der Waals surface area contributed by atoms with Crippen LogP contribution in [0.15, 0.2) is 12.2 Å². The minimum Gasteiger partial charge on any atom is -0.480 e. The van der Waals surface area contributed by atoms with Crippen LogP contribution in [0.25, 0.3) is 0 Å². The quantitative estimate of drug-likeness (QED) is 0.434. The highest BCUT2D eigenvalue weighted by Gasteiger charge is 2.55. The predicted octanol–water partition coefficient (Wildman–Crippen LogP) is 1.46. The van der Waals surface area contributed by atoms with E-state index in [1.807, 2.05) is 0 Å². The minimum atomic E-state index is -3.35. The fraction of sp³-hybridized carbons (Fsp3) is 0.556. The van der Waals surface area contributed by atoms with E-state index in [1.54, 1.807) is 0 Å². The molecule has 0 aliphatic rings. The van der Waals surface area contributed by atoms with Crippen LogP contribution in [0.3, 0.4) is 0 Å². The molecule has 1 atom stereocenters. The molecule has 86 valence electrons. The number of hydrogen-bond acceptors (Lipinski definition) is 3. The molecule has 0 saturated heterocycles. The van der Waals surface area contributed by atoms with Gasteiger partial charge in [-0.1, -0.05) is 5.57 Å². The second-order valence-corrected chi connectivity index (χ2v) is 3.20. The maximum absolute atomic E-state index is 12.7. The maximum atomic E-state index is 12.7. The lowest BCUT2D eigenvalue weighted by Crippen LogP contribution is -2.46. The first-order valence-corrected chi connectivity index (χ1v) is 4.03. The van der Waals surface area contributed by atoms with E-state index in [0.717, 1.165) is 7.11 Å². The van der Waals surface area contributed by atoms with Crippen LogP contribution >= 0.6 is 0 Å². The third-order valence-corrected chi connectivity index (χ3v) is 1.88. The molecule has 1 unspecified atom stereocenters. The Morgan fingerprint density at radius 2 is 2.00 bits per heavy atom. The summed E-state index contributed by atoms with van der Waals surface area (Å²) in [7, 11) is 0.862. The van der Waals surface area contributed by atoms with Crippen LogP contribution in [0.1, 0.15) is 13.3 Å². The summed E-state index contributed by atoms with van der Waals surface area (Å²) in [4.78, 5) is 21.9. The number of carboxylic acid groups (broad SMARTS) is 1. The zero-order chi connectivity index (χ0) is 12.2. The van der Waals surface area contributed by atoms with Crippen molar-refractivity contribution in [2.45, 2.75) is 19.8 Å². The summed E-state index contributed by atoms with van der Waals surface area (Å²) in [5.41, 5.74) is -2.68. The van der Waals surface area contributed by atoms with Crippen LogP contribution in [0.5, 0.6) is 0 Å². The highest BCUT2D eigenvalue weighted by atomic mass is 19.3. The SMILES string of the molecule is C=C(C)CC(C(=O)O)(C(=O)OC)C(F)F. The molecular weight excluding hydrogens is 210 g/mol. The summed E-state index contributed by atoms with van der Waals surface area (Å²) in [5.74, 6) is -3.37. The number of halogens is 2. The lowest BCUT2D eigenvalue weighted by molar-refractivity contribution is -0.178. The number of allylic oxidation sites excluding steroid dienone is 1. The van der Waals surface area contributed by atoms with Crippen LogP contribution in [-0.4, -0.2) is 30.6 Å². The Balaban J connectivity index is 5.36. The number of esters is 1. The Bertz CT molecular complexity index is 288. The van der Waals surface area contributed by atoms with Gasteiger partial charge in [0.1, 0.15) is 0 Å². The Morgan fingerprint density at radius 3 is 2.20 bits per heavy atom. The van der Waals surface area contributed by atoms with Crippen molar-refractivity contribution in [2.24, 2.45) is 5.41 Å². The van der Waals surface area contributed by atoms with Crippen molar-refractivity contribution in [3.63, 3.8) is 0 Å². The maximum Gasteiger partial charge on any atom is 0.329 e. The molecule has 4 nitrogen and oxygen atoms in total. The number of ether oxygens (including phenoxy) is 1. The monoisotopic (exact) mass is 222 g/mol. The first-order valence-electron chi connectivity index (χ1n) is 4.03. The molecule has 6 heteroatoms. The summed E-state index contributed by atoms with van der Waals surface area (Å²) >= 11 is 0. The second kappa shape index (κ2) is 4.86.